The van der Waals surface area contributed by atoms with Crippen molar-refractivity contribution in [1.29, 1.82) is 0 Å². The van der Waals surface area contributed by atoms with Crippen LogP contribution in [0.3, 0.4) is 0 Å². The molecule has 0 spiro atoms. The highest BCUT2D eigenvalue weighted by molar-refractivity contribution is 6.17. The van der Waals surface area contributed by atoms with Gasteiger partial charge in [-0.2, -0.15) is 0 Å². The number of carbonyl (C=O) groups is 1. The molecule has 2 aliphatic rings. The molecule has 0 amide bonds. The minimum Gasteiger partial charge on any atom is -0.497 e. The van der Waals surface area contributed by atoms with Crippen molar-refractivity contribution >= 4 is 17.3 Å². The number of methoxy groups -OCH3 is 1. The second kappa shape index (κ2) is 3.45. The third-order valence-corrected chi connectivity index (χ3v) is 3.14. The molecule has 0 radical (unpaired) electrons. The molecular formula is C13H12N2O2. The van der Waals surface area contributed by atoms with Crippen LogP contribution in [-0.4, -0.2) is 23.6 Å². The Labute approximate surface area is 99.2 Å². The summed E-state index contributed by atoms with van der Waals surface area (Å²) in [6.07, 6.45) is 0.365. The van der Waals surface area contributed by atoms with Gasteiger partial charge >= 0.3 is 0 Å². The van der Waals surface area contributed by atoms with E-state index in [4.69, 9.17) is 4.74 Å². The van der Waals surface area contributed by atoms with Gasteiger partial charge in [-0.05, 0) is 18.2 Å². The van der Waals surface area contributed by atoms with Crippen LogP contribution in [-0.2, 0) is 11.3 Å². The summed E-state index contributed by atoms with van der Waals surface area (Å²) in [5.41, 5.74) is 2.51. The summed E-state index contributed by atoms with van der Waals surface area (Å²) in [6.45, 7) is 4.45. The Morgan fingerprint density at radius 2 is 2.29 bits per heavy atom. The molecule has 2 heterocycles. The Balaban J connectivity index is 2.06. The molecule has 0 saturated carbocycles. The first-order valence-electron chi connectivity index (χ1n) is 5.43. The zero-order chi connectivity index (χ0) is 12.0. The average Bonchev–Trinajstić information content (AvgIpc) is 2.62. The summed E-state index contributed by atoms with van der Waals surface area (Å²) in [5.74, 6) is 1.67. The normalized spacial score (nSPS) is 17.7. The van der Waals surface area contributed by atoms with Crippen molar-refractivity contribution in [2.45, 2.75) is 13.0 Å². The zero-order valence-electron chi connectivity index (χ0n) is 9.56. The van der Waals surface area contributed by atoms with Gasteiger partial charge in [-0.3, -0.25) is 4.79 Å². The first-order valence-corrected chi connectivity index (χ1v) is 5.43. The summed E-state index contributed by atoms with van der Waals surface area (Å²) in [5, 5.41) is 0. The molecule has 4 nitrogen and oxygen atoms in total. The number of allylic oxidation sites excluding steroid dienone is 1. The Hall–Kier alpha value is -2.10. The molecule has 1 aromatic carbocycles. The SMILES string of the molecule is C=C1C(=O)CC2=Nc3ccc(OC)cc3CN12. The van der Waals surface area contributed by atoms with E-state index in [-0.39, 0.29) is 5.78 Å². The third kappa shape index (κ3) is 1.45. The average molecular weight is 228 g/mol. The van der Waals surface area contributed by atoms with Gasteiger partial charge in [0.1, 0.15) is 11.6 Å². The van der Waals surface area contributed by atoms with E-state index < -0.39 is 0 Å². The number of Topliss-reactive ketones (excluding diaryl/α,β-unsaturated/α-hetero) is 1. The molecule has 1 aromatic rings. The number of carbonyl (C=O) groups excluding carboxylic acids is 1. The second-order valence-corrected chi connectivity index (χ2v) is 4.16. The van der Waals surface area contributed by atoms with Crippen molar-refractivity contribution in [3.05, 3.63) is 36.0 Å². The molecule has 3 rings (SSSR count). The molecule has 0 aliphatic carbocycles. The molecule has 17 heavy (non-hydrogen) atoms. The second-order valence-electron chi connectivity index (χ2n) is 4.16. The minimum absolute atomic E-state index is 0.0588. The van der Waals surface area contributed by atoms with Gasteiger partial charge in [-0.1, -0.05) is 6.58 Å². The van der Waals surface area contributed by atoms with Crippen LogP contribution in [0, 0.1) is 0 Å². The van der Waals surface area contributed by atoms with Gasteiger partial charge in [0.15, 0.2) is 5.78 Å². The van der Waals surface area contributed by atoms with Crippen molar-refractivity contribution in [2.24, 2.45) is 4.99 Å². The third-order valence-electron chi connectivity index (χ3n) is 3.14. The lowest BCUT2D eigenvalue weighted by Gasteiger charge is -2.24. The number of hydrogen-bond donors (Lipinski definition) is 0. The molecule has 0 aromatic heterocycles. The predicted molar refractivity (Wildman–Crippen MR) is 64.4 cm³/mol. The van der Waals surface area contributed by atoms with Crippen molar-refractivity contribution in [1.82, 2.24) is 4.90 Å². The molecule has 86 valence electrons. The van der Waals surface area contributed by atoms with Crippen LogP contribution < -0.4 is 4.74 Å². The van der Waals surface area contributed by atoms with Crippen molar-refractivity contribution in [3.63, 3.8) is 0 Å². The Kier molecular flexibility index (Phi) is 2.04. The number of benzene rings is 1. The van der Waals surface area contributed by atoms with E-state index in [0.29, 0.717) is 18.7 Å². The van der Waals surface area contributed by atoms with E-state index in [2.05, 4.69) is 11.6 Å². The maximum absolute atomic E-state index is 11.6. The van der Waals surface area contributed by atoms with Crippen LogP contribution in [0.2, 0.25) is 0 Å². The number of aliphatic imine (C=N–C) groups is 1. The van der Waals surface area contributed by atoms with E-state index in [1.165, 1.54) is 0 Å². The van der Waals surface area contributed by atoms with Gasteiger partial charge in [-0.15, -0.1) is 0 Å². The van der Waals surface area contributed by atoms with Crippen LogP contribution in [0.4, 0.5) is 5.69 Å². The van der Waals surface area contributed by atoms with E-state index >= 15 is 0 Å². The summed E-state index contributed by atoms with van der Waals surface area (Å²) >= 11 is 0. The van der Waals surface area contributed by atoms with Crippen molar-refractivity contribution in [2.75, 3.05) is 7.11 Å². The van der Waals surface area contributed by atoms with Crippen LogP contribution in [0.25, 0.3) is 0 Å². The highest BCUT2D eigenvalue weighted by Crippen LogP contribution is 2.34. The fraction of sp³-hybridized carbons (Fsp3) is 0.231. The number of ether oxygens (including phenoxy) is 1. The zero-order valence-corrected chi connectivity index (χ0v) is 9.56. The lowest BCUT2D eigenvalue weighted by Crippen LogP contribution is -2.25. The predicted octanol–water partition coefficient (Wildman–Crippen LogP) is 2.03. The van der Waals surface area contributed by atoms with E-state index in [9.17, 15) is 4.79 Å². The van der Waals surface area contributed by atoms with E-state index in [1.807, 2.05) is 23.1 Å². The van der Waals surface area contributed by atoms with Crippen LogP contribution >= 0.6 is 0 Å². The summed E-state index contributed by atoms with van der Waals surface area (Å²) in [6, 6.07) is 5.75. The van der Waals surface area contributed by atoms with Crippen molar-refractivity contribution in [3.8, 4) is 5.75 Å². The molecule has 0 unspecified atom stereocenters. The fourth-order valence-corrected chi connectivity index (χ4v) is 2.17. The number of amidine groups is 1. The number of ketones is 1. The molecule has 2 aliphatic heterocycles. The Bertz CT molecular complexity index is 561. The Morgan fingerprint density at radius 3 is 3.06 bits per heavy atom. The molecular weight excluding hydrogens is 216 g/mol. The maximum Gasteiger partial charge on any atom is 0.186 e. The maximum atomic E-state index is 11.6. The molecule has 0 bridgehead atoms. The summed E-state index contributed by atoms with van der Waals surface area (Å²) in [4.78, 5) is 17.9. The van der Waals surface area contributed by atoms with Gasteiger partial charge in [-0.25, -0.2) is 4.99 Å². The van der Waals surface area contributed by atoms with E-state index in [0.717, 1.165) is 22.8 Å². The van der Waals surface area contributed by atoms with Gasteiger partial charge in [0.05, 0.1) is 31.5 Å². The molecule has 0 N–H and O–H groups in total. The number of fused-ring (bicyclic) bond motifs is 2. The Morgan fingerprint density at radius 1 is 1.47 bits per heavy atom. The monoisotopic (exact) mass is 228 g/mol. The number of rotatable bonds is 1. The standard InChI is InChI=1S/C13H12N2O2/c1-8-12(16)6-13-14-11-4-3-10(17-2)5-9(11)7-15(8)13/h3-5H,1,6-7H2,2H3. The molecule has 0 atom stereocenters. The summed E-state index contributed by atoms with van der Waals surface area (Å²) < 4.78 is 5.18. The largest absolute Gasteiger partial charge is 0.497 e. The quantitative estimate of drug-likeness (QED) is 0.690. The first kappa shape index (κ1) is 10.1. The van der Waals surface area contributed by atoms with Gasteiger partial charge in [0.2, 0.25) is 0 Å². The highest BCUT2D eigenvalue weighted by atomic mass is 16.5. The lowest BCUT2D eigenvalue weighted by molar-refractivity contribution is -0.114. The summed E-state index contributed by atoms with van der Waals surface area (Å²) in [7, 11) is 1.64. The molecule has 1 saturated heterocycles. The number of hydrogen-bond acceptors (Lipinski definition) is 4. The van der Waals surface area contributed by atoms with Gasteiger partial charge < -0.3 is 9.64 Å². The fourth-order valence-electron chi connectivity index (χ4n) is 2.17. The smallest absolute Gasteiger partial charge is 0.186 e. The van der Waals surface area contributed by atoms with E-state index in [1.54, 1.807) is 7.11 Å². The van der Waals surface area contributed by atoms with Gasteiger partial charge in [0.25, 0.3) is 0 Å². The van der Waals surface area contributed by atoms with Gasteiger partial charge in [0, 0.05) is 5.56 Å². The van der Waals surface area contributed by atoms with Crippen LogP contribution in [0.15, 0.2) is 35.5 Å². The van der Waals surface area contributed by atoms with Crippen molar-refractivity contribution < 1.29 is 9.53 Å². The highest BCUT2D eigenvalue weighted by Gasteiger charge is 2.33. The topological polar surface area (TPSA) is 41.9 Å². The molecule has 4 heteroatoms. The van der Waals surface area contributed by atoms with Crippen LogP contribution in [0.1, 0.15) is 12.0 Å². The van der Waals surface area contributed by atoms with Crippen LogP contribution in [0.5, 0.6) is 5.75 Å². The molecule has 1 fully saturated rings. The lowest BCUT2D eigenvalue weighted by atomic mass is 10.1. The minimum atomic E-state index is 0.0588. The first-order chi connectivity index (χ1) is 8.19. The number of nitrogens with zero attached hydrogens (tertiary/aromatic N) is 2.